The number of hydroxylamine groups is 2. The van der Waals surface area contributed by atoms with E-state index in [1.807, 2.05) is 6.07 Å². The molecule has 1 aromatic carbocycles. The topological polar surface area (TPSA) is 181 Å². The fourth-order valence-corrected chi connectivity index (χ4v) is 6.14. The van der Waals surface area contributed by atoms with Gasteiger partial charge in [-0.2, -0.15) is 4.31 Å². The van der Waals surface area contributed by atoms with Crippen molar-refractivity contribution in [1.82, 2.24) is 9.37 Å². The summed E-state index contributed by atoms with van der Waals surface area (Å²) < 4.78 is 28.5. The van der Waals surface area contributed by atoms with E-state index in [1.165, 1.54) is 13.1 Å². The molecule has 200 valence electrons. The van der Waals surface area contributed by atoms with Gasteiger partial charge in [-0.05, 0) is 56.1 Å². The minimum Gasteiger partial charge on any atom is -0.480 e. The number of carbonyl (C=O) groups excluding carboxylic acids is 1. The Morgan fingerprint density at radius 1 is 1.33 bits per heavy atom. The van der Waals surface area contributed by atoms with Crippen molar-refractivity contribution < 1.29 is 28.0 Å². The van der Waals surface area contributed by atoms with Crippen molar-refractivity contribution in [3.05, 3.63) is 23.8 Å². The van der Waals surface area contributed by atoms with E-state index in [-0.39, 0.29) is 30.4 Å². The first-order chi connectivity index (χ1) is 17.0. The number of guanidine groups is 1. The zero-order valence-electron chi connectivity index (χ0n) is 20.7. The van der Waals surface area contributed by atoms with Crippen molar-refractivity contribution in [1.29, 1.82) is 0 Å². The third-order valence-corrected chi connectivity index (χ3v) is 8.46. The Hall–Kier alpha value is -2.90. The number of anilines is 1. The number of fused-ring (bicyclic) bond motifs is 1. The van der Waals surface area contributed by atoms with Crippen molar-refractivity contribution in [2.24, 2.45) is 22.4 Å². The summed E-state index contributed by atoms with van der Waals surface area (Å²) in [6, 6.07) is 2.91. The van der Waals surface area contributed by atoms with Crippen LogP contribution in [0.1, 0.15) is 44.6 Å². The molecule has 2 aliphatic heterocycles. The summed E-state index contributed by atoms with van der Waals surface area (Å²) >= 11 is 0. The third-order valence-electron chi connectivity index (χ3n) is 6.55. The minimum atomic E-state index is -4.12. The Bertz CT molecular complexity index is 1090. The average Bonchev–Trinajstić information content (AvgIpc) is 2.83. The molecule has 3 atom stereocenters. The van der Waals surface area contributed by atoms with Gasteiger partial charge in [-0.25, -0.2) is 13.2 Å². The highest BCUT2D eigenvalue weighted by Gasteiger charge is 2.39. The summed E-state index contributed by atoms with van der Waals surface area (Å²) in [7, 11) is -2.79. The van der Waals surface area contributed by atoms with Crippen LogP contribution >= 0.6 is 0 Å². The molecule has 0 aliphatic carbocycles. The molecule has 3 rings (SSSR count). The van der Waals surface area contributed by atoms with E-state index >= 15 is 0 Å². The Morgan fingerprint density at radius 2 is 2.08 bits per heavy atom. The summed E-state index contributed by atoms with van der Waals surface area (Å²) in [6.45, 7) is 3.17. The number of benzene rings is 1. The Labute approximate surface area is 211 Å². The first kappa shape index (κ1) is 27.7. The van der Waals surface area contributed by atoms with Crippen molar-refractivity contribution in [3.8, 4) is 0 Å². The predicted molar refractivity (Wildman–Crippen MR) is 135 cm³/mol. The number of aliphatic carboxylic acids is 1. The third kappa shape index (κ3) is 6.45. The smallest absolute Gasteiger partial charge is 0.343 e. The SMILES string of the molecule is CC1CNc2c(cccc2S(=O)(=O)N(C)[C@H](CCCN=C(N)N)C(=O)ON2CCCCC2C(=O)O)C1. The monoisotopic (exact) mass is 524 g/mol. The van der Waals surface area contributed by atoms with E-state index in [9.17, 15) is 23.1 Å². The van der Waals surface area contributed by atoms with Gasteiger partial charge in [-0.1, -0.05) is 19.1 Å². The summed E-state index contributed by atoms with van der Waals surface area (Å²) in [5.74, 6) is -1.68. The normalized spacial score (nSPS) is 21.2. The summed E-state index contributed by atoms with van der Waals surface area (Å²) in [6.07, 6.45) is 2.84. The van der Waals surface area contributed by atoms with E-state index in [0.29, 0.717) is 43.8 Å². The second kappa shape index (κ2) is 11.9. The zero-order chi connectivity index (χ0) is 26.5. The second-order valence-electron chi connectivity index (χ2n) is 9.37. The molecular weight excluding hydrogens is 488 g/mol. The number of carboxylic acids is 1. The van der Waals surface area contributed by atoms with Gasteiger partial charge in [0, 0.05) is 26.7 Å². The molecule has 2 unspecified atom stereocenters. The summed E-state index contributed by atoms with van der Waals surface area (Å²) in [4.78, 5) is 34.4. The van der Waals surface area contributed by atoms with Crippen molar-refractivity contribution >= 4 is 33.6 Å². The molecule has 0 amide bonds. The number of hydrogen-bond acceptors (Lipinski definition) is 8. The number of nitrogens with zero attached hydrogens (tertiary/aromatic N) is 3. The first-order valence-corrected chi connectivity index (χ1v) is 13.6. The maximum atomic E-state index is 13.7. The van der Waals surface area contributed by atoms with Gasteiger partial charge in [0.05, 0.1) is 5.69 Å². The molecule has 1 fully saturated rings. The van der Waals surface area contributed by atoms with Gasteiger partial charge in [0.15, 0.2) is 5.96 Å². The number of hydrogen-bond donors (Lipinski definition) is 4. The maximum absolute atomic E-state index is 13.7. The van der Waals surface area contributed by atoms with Gasteiger partial charge in [0.25, 0.3) is 0 Å². The number of likely N-dealkylation sites (N-methyl/N-ethyl adjacent to an activating group) is 1. The van der Waals surface area contributed by atoms with Crippen LogP contribution in [0.2, 0.25) is 0 Å². The average molecular weight is 525 g/mol. The van der Waals surface area contributed by atoms with E-state index in [4.69, 9.17) is 16.3 Å². The highest BCUT2D eigenvalue weighted by atomic mass is 32.2. The molecule has 0 spiro atoms. The van der Waals surface area contributed by atoms with Gasteiger partial charge in [-0.3, -0.25) is 9.79 Å². The quantitative estimate of drug-likeness (QED) is 0.193. The molecular formula is C23H36N6O6S. The zero-order valence-corrected chi connectivity index (χ0v) is 21.5. The van der Waals surface area contributed by atoms with Crippen molar-refractivity contribution in [3.63, 3.8) is 0 Å². The highest BCUT2D eigenvalue weighted by Crippen LogP contribution is 2.33. The van der Waals surface area contributed by atoms with Gasteiger partial charge in [-0.15, -0.1) is 5.06 Å². The number of carbonyl (C=O) groups is 2. The molecule has 2 aliphatic rings. The van der Waals surface area contributed by atoms with E-state index in [2.05, 4.69) is 17.2 Å². The Balaban J connectivity index is 1.88. The lowest BCUT2D eigenvalue weighted by atomic mass is 9.96. The fraction of sp³-hybridized carbons (Fsp3) is 0.609. The van der Waals surface area contributed by atoms with E-state index < -0.39 is 34.0 Å². The largest absolute Gasteiger partial charge is 0.480 e. The van der Waals surface area contributed by atoms with E-state index in [1.54, 1.807) is 6.07 Å². The lowest BCUT2D eigenvalue weighted by Crippen LogP contribution is -2.50. The molecule has 13 heteroatoms. The number of para-hydroxylation sites is 1. The van der Waals surface area contributed by atoms with Crippen LogP contribution in [-0.2, 0) is 30.9 Å². The Kier molecular flexibility index (Phi) is 9.14. The number of rotatable bonds is 10. The van der Waals surface area contributed by atoms with Crippen molar-refractivity contribution in [2.75, 3.05) is 32.0 Å². The van der Waals surface area contributed by atoms with Crippen LogP contribution in [0.15, 0.2) is 28.1 Å². The van der Waals surface area contributed by atoms with Crippen LogP contribution in [0.25, 0.3) is 0 Å². The van der Waals surface area contributed by atoms with E-state index in [0.717, 1.165) is 21.4 Å². The lowest BCUT2D eigenvalue weighted by Gasteiger charge is -2.34. The molecule has 0 saturated carbocycles. The van der Waals surface area contributed by atoms with Crippen LogP contribution in [-0.4, -0.2) is 79.6 Å². The van der Waals surface area contributed by atoms with Gasteiger partial charge in [0.2, 0.25) is 10.0 Å². The van der Waals surface area contributed by atoms with Crippen LogP contribution in [0.3, 0.4) is 0 Å². The number of piperidine rings is 1. The molecule has 0 bridgehead atoms. The molecule has 1 saturated heterocycles. The molecule has 0 aromatic heterocycles. The molecule has 36 heavy (non-hydrogen) atoms. The molecule has 12 nitrogen and oxygen atoms in total. The fourth-order valence-electron chi connectivity index (χ4n) is 4.59. The number of nitrogens with one attached hydrogen (secondary N) is 1. The minimum absolute atomic E-state index is 0.0798. The Morgan fingerprint density at radius 3 is 2.78 bits per heavy atom. The standard InChI is InChI=1S/C23H36N6O6S/c1-15-13-16-7-5-10-19(20(16)27-14-15)36(33,34)28(2)18(9-6-11-26-23(24)25)22(32)35-29-12-4-3-8-17(29)21(30)31/h5,7,10,15,17-18,27H,3-4,6,8-9,11-14H2,1-2H3,(H,30,31)(H4,24,25,26)/t15?,17?,18-/m1/s1. The van der Waals surface area contributed by atoms with Crippen molar-refractivity contribution in [2.45, 2.75) is 62.4 Å². The van der Waals surface area contributed by atoms with Crippen LogP contribution in [0.5, 0.6) is 0 Å². The number of sulfonamides is 1. The molecule has 1 aromatic rings. The highest BCUT2D eigenvalue weighted by molar-refractivity contribution is 7.89. The lowest BCUT2D eigenvalue weighted by molar-refractivity contribution is -0.215. The van der Waals surface area contributed by atoms with Crippen LogP contribution in [0.4, 0.5) is 5.69 Å². The van der Waals surface area contributed by atoms with Crippen LogP contribution < -0.4 is 16.8 Å². The molecule has 6 N–H and O–H groups in total. The van der Waals surface area contributed by atoms with Crippen LogP contribution in [0, 0.1) is 5.92 Å². The summed E-state index contributed by atoms with van der Waals surface area (Å²) in [5.41, 5.74) is 12.2. The maximum Gasteiger partial charge on any atom is 0.343 e. The number of aliphatic imine (C=N–C) groups is 1. The van der Waals surface area contributed by atoms with Gasteiger partial charge < -0.3 is 26.7 Å². The number of nitrogens with two attached hydrogens (primary N) is 2. The first-order valence-electron chi connectivity index (χ1n) is 12.1. The number of carboxylic acid groups (broad SMARTS) is 1. The molecule has 2 heterocycles. The second-order valence-corrected chi connectivity index (χ2v) is 11.3. The predicted octanol–water partition coefficient (Wildman–Crippen LogP) is 0.731. The van der Waals surface area contributed by atoms with Gasteiger partial charge in [0.1, 0.15) is 17.0 Å². The van der Waals surface area contributed by atoms with Gasteiger partial charge >= 0.3 is 11.9 Å². The summed E-state index contributed by atoms with van der Waals surface area (Å²) in [5, 5.41) is 13.9. The molecule has 0 radical (unpaired) electrons.